The highest BCUT2D eigenvalue weighted by Crippen LogP contribution is 2.24. The lowest BCUT2D eigenvalue weighted by molar-refractivity contribution is 0.128. The monoisotopic (exact) mass is 283 g/mol. The van der Waals surface area contributed by atoms with Gasteiger partial charge in [0, 0.05) is 25.0 Å². The lowest BCUT2D eigenvalue weighted by Crippen LogP contribution is -2.35. The van der Waals surface area contributed by atoms with Crippen molar-refractivity contribution in [3.63, 3.8) is 0 Å². The van der Waals surface area contributed by atoms with Crippen molar-refractivity contribution in [2.75, 3.05) is 0 Å². The van der Waals surface area contributed by atoms with E-state index in [1.165, 1.54) is 44.1 Å². The van der Waals surface area contributed by atoms with Crippen molar-refractivity contribution in [3.05, 3.63) is 54.6 Å². The molecule has 1 aromatic carbocycles. The summed E-state index contributed by atoms with van der Waals surface area (Å²) in [5.41, 5.74) is 1.40. The first-order valence-electron chi connectivity index (χ1n) is 8.15. The first kappa shape index (κ1) is 14.3. The normalized spacial score (nSPS) is 17.0. The first-order chi connectivity index (χ1) is 10.4. The van der Waals surface area contributed by atoms with Crippen LogP contribution < -0.4 is 0 Å². The molecular formula is C18H25N3. The van der Waals surface area contributed by atoms with Crippen LogP contribution in [0.4, 0.5) is 0 Å². The quantitative estimate of drug-likeness (QED) is 0.771. The van der Waals surface area contributed by atoms with Crippen molar-refractivity contribution in [1.82, 2.24) is 14.5 Å². The maximum Gasteiger partial charge on any atom is 0.0956 e. The third-order valence-electron chi connectivity index (χ3n) is 4.47. The number of benzene rings is 1. The number of nitrogens with zero attached hydrogens (tertiary/aromatic N) is 3. The highest BCUT2D eigenvalue weighted by Gasteiger charge is 2.20. The van der Waals surface area contributed by atoms with Gasteiger partial charge in [-0.3, -0.25) is 4.90 Å². The fourth-order valence-electron chi connectivity index (χ4n) is 3.32. The van der Waals surface area contributed by atoms with Crippen LogP contribution in [-0.2, 0) is 13.2 Å². The second kappa shape index (κ2) is 7.41. The van der Waals surface area contributed by atoms with E-state index >= 15 is 0 Å². The largest absolute Gasteiger partial charge is 0.324 e. The predicted molar refractivity (Wildman–Crippen MR) is 85.7 cm³/mol. The van der Waals surface area contributed by atoms with Crippen LogP contribution in [0.5, 0.6) is 0 Å². The van der Waals surface area contributed by atoms with Gasteiger partial charge in [0.05, 0.1) is 13.0 Å². The van der Waals surface area contributed by atoms with E-state index in [-0.39, 0.29) is 0 Å². The third-order valence-corrected chi connectivity index (χ3v) is 4.47. The molecule has 3 heteroatoms. The van der Waals surface area contributed by atoms with Gasteiger partial charge in [0.1, 0.15) is 0 Å². The number of imidazole rings is 1. The fraction of sp³-hybridized carbons (Fsp3) is 0.500. The predicted octanol–water partition coefficient (Wildman–Crippen LogP) is 4.07. The second-order valence-electron chi connectivity index (χ2n) is 6.10. The number of hydrogen-bond donors (Lipinski definition) is 0. The number of hydrogen-bond acceptors (Lipinski definition) is 2. The van der Waals surface area contributed by atoms with Crippen molar-refractivity contribution in [3.8, 4) is 0 Å². The molecule has 0 unspecified atom stereocenters. The number of rotatable bonds is 5. The third kappa shape index (κ3) is 4.18. The topological polar surface area (TPSA) is 21.1 Å². The average molecular weight is 283 g/mol. The zero-order chi connectivity index (χ0) is 14.3. The van der Waals surface area contributed by atoms with Crippen LogP contribution in [0.3, 0.4) is 0 Å². The maximum absolute atomic E-state index is 4.18. The Labute approximate surface area is 127 Å². The highest BCUT2D eigenvalue weighted by molar-refractivity contribution is 5.14. The van der Waals surface area contributed by atoms with Gasteiger partial charge in [-0.1, -0.05) is 56.0 Å². The molecule has 0 aliphatic heterocycles. The van der Waals surface area contributed by atoms with Crippen molar-refractivity contribution in [2.24, 2.45) is 0 Å². The van der Waals surface area contributed by atoms with Gasteiger partial charge in [-0.25, -0.2) is 4.98 Å². The van der Waals surface area contributed by atoms with E-state index in [4.69, 9.17) is 0 Å². The van der Waals surface area contributed by atoms with Crippen LogP contribution in [0, 0.1) is 0 Å². The lowest BCUT2D eigenvalue weighted by atomic mass is 10.1. The molecule has 1 aliphatic carbocycles. The zero-order valence-electron chi connectivity index (χ0n) is 12.7. The Morgan fingerprint density at radius 1 is 1.05 bits per heavy atom. The summed E-state index contributed by atoms with van der Waals surface area (Å²) >= 11 is 0. The van der Waals surface area contributed by atoms with Crippen LogP contribution >= 0.6 is 0 Å². The minimum Gasteiger partial charge on any atom is -0.324 e. The molecule has 112 valence electrons. The molecule has 0 radical (unpaired) electrons. The Kier molecular flexibility index (Phi) is 5.06. The molecule has 3 nitrogen and oxygen atoms in total. The number of aromatic nitrogens is 2. The van der Waals surface area contributed by atoms with Crippen LogP contribution in [0.25, 0.3) is 0 Å². The van der Waals surface area contributed by atoms with Crippen molar-refractivity contribution < 1.29 is 0 Å². The van der Waals surface area contributed by atoms with Crippen molar-refractivity contribution in [1.29, 1.82) is 0 Å². The van der Waals surface area contributed by atoms with Gasteiger partial charge in [0.2, 0.25) is 0 Å². The summed E-state index contributed by atoms with van der Waals surface area (Å²) in [4.78, 5) is 6.81. The average Bonchev–Trinajstić information content (AvgIpc) is 2.87. The van der Waals surface area contributed by atoms with E-state index in [2.05, 4.69) is 51.0 Å². The van der Waals surface area contributed by atoms with Gasteiger partial charge >= 0.3 is 0 Å². The smallest absolute Gasteiger partial charge is 0.0956 e. The van der Waals surface area contributed by atoms with Gasteiger partial charge in [0.15, 0.2) is 0 Å². The van der Waals surface area contributed by atoms with E-state index in [0.717, 1.165) is 13.2 Å². The molecule has 0 bridgehead atoms. The summed E-state index contributed by atoms with van der Waals surface area (Å²) in [6.45, 7) is 1.98. The van der Waals surface area contributed by atoms with Crippen LogP contribution in [0.1, 0.15) is 44.1 Å². The molecule has 0 spiro atoms. The molecule has 21 heavy (non-hydrogen) atoms. The summed E-state index contributed by atoms with van der Waals surface area (Å²) < 4.78 is 2.19. The second-order valence-corrected chi connectivity index (χ2v) is 6.10. The molecule has 0 amide bonds. The summed E-state index contributed by atoms with van der Waals surface area (Å²) in [7, 11) is 0. The van der Waals surface area contributed by atoms with E-state index in [1.54, 1.807) is 0 Å². The molecule has 1 fully saturated rings. The van der Waals surface area contributed by atoms with Gasteiger partial charge in [-0.2, -0.15) is 0 Å². The molecule has 0 N–H and O–H groups in total. The standard InChI is InChI=1S/C18H25N3/c1-2-7-11-18(10-6-1)21(16-20-13-12-19-15-20)14-17-8-4-3-5-9-17/h3-5,8-9,12-13,15,18H,1-2,6-7,10-11,14,16H2. The van der Waals surface area contributed by atoms with E-state index < -0.39 is 0 Å². The fourth-order valence-corrected chi connectivity index (χ4v) is 3.32. The van der Waals surface area contributed by atoms with E-state index in [1.807, 2.05) is 12.5 Å². The Morgan fingerprint density at radius 3 is 2.48 bits per heavy atom. The Balaban J connectivity index is 1.72. The van der Waals surface area contributed by atoms with Crippen molar-refractivity contribution >= 4 is 0 Å². The first-order valence-corrected chi connectivity index (χ1v) is 8.15. The van der Waals surface area contributed by atoms with Gasteiger partial charge in [-0.15, -0.1) is 0 Å². The maximum atomic E-state index is 4.18. The molecule has 3 rings (SSSR count). The molecule has 1 aromatic heterocycles. The van der Waals surface area contributed by atoms with E-state index in [0.29, 0.717) is 6.04 Å². The molecule has 2 aromatic rings. The van der Waals surface area contributed by atoms with Crippen molar-refractivity contribution in [2.45, 2.75) is 57.8 Å². The Bertz CT molecular complexity index is 499. The van der Waals surface area contributed by atoms with Gasteiger partial charge in [0.25, 0.3) is 0 Å². The Hall–Kier alpha value is -1.61. The molecule has 1 aliphatic rings. The van der Waals surface area contributed by atoms with Crippen LogP contribution in [0.15, 0.2) is 49.1 Å². The van der Waals surface area contributed by atoms with Gasteiger partial charge in [-0.05, 0) is 18.4 Å². The molecule has 1 heterocycles. The molecule has 1 saturated carbocycles. The highest BCUT2D eigenvalue weighted by atomic mass is 15.3. The Morgan fingerprint density at radius 2 is 1.81 bits per heavy atom. The van der Waals surface area contributed by atoms with E-state index in [9.17, 15) is 0 Å². The summed E-state index contributed by atoms with van der Waals surface area (Å²) in [6, 6.07) is 11.5. The lowest BCUT2D eigenvalue weighted by Gasteiger charge is -2.31. The zero-order valence-corrected chi connectivity index (χ0v) is 12.7. The molecule has 0 atom stereocenters. The summed E-state index contributed by atoms with van der Waals surface area (Å²) in [5, 5.41) is 0. The minimum atomic E-state index is 0.704. The minimum absolute atomic E-state index is 0.704. The van der Waals surface area contributed by atoms with Crippen LogP contribution in [-0.4, -0.2) is 20.5 Å². The summed E-state index contributed by atoms with van der Waals surface area (Å²) in [6.07, 6.45) is 14.1. The van der Waals surface area contributed by atoms with Crippen LogP contribution in [0.2, 0.25) is 0 Å². The molecule has 0 saturated heterocycles. The molecular weight excluding hydrogens is 258 g/mol. The SMILES string of the molecule is c1ccc(CN(Cn2ccnc2)C2CCCCCC2)cc1. The summed E-state index contributed by atoms with van der Waals surface area (Å²) in [5.74, 6) is 0. The van der Waals surface area contributed by atoms with Gasteiger partial charge < -0.3 is 4.57 Å².